The van der Waals surface area contributed by atoms with Crippen LogP contribution in [0.1, 0.15) is 46.6 Å². The first kappa shape index (κ1) is 19.8. The molecule has 3 aromatic rings. The summed E-state index contributed by atoms with van der Waals surface area (Å²) in [4.78, 5) is 12.7. The van der Waals surface area contributed by atoms with Gasteiger partial charge in [-0.1, -0.05) is 61.5 Å². The Morgan fingerprint density at radius 1 is 1.00 bits per heavy atom. The minimum absolute atomic E-state index is 0.0884. The van der Waals surface area contributed by atoms with Gasteiger partial charge < -0.3 is 10.1 Å². The molecule has 28 heavy (non-hydrogen) atoms. The third kappa shape index (κ3) is 5.08. The van der Waals surface area contributed by atoms with Crippen molar-refractivity contribution in [1.29, 1.82) is 0 Å². The van der Waals surface area contributed by atoms with E-state index in [0.29, 0.717) is 31.9 Å². The summed E-state index contributed by atoms with van der Waals surface area (Å²) in [5.74, 6) is -0.0884. The van der Waals surface area contributed by atoms with Gasteiger partial charge in [-0.15, -0.1) is 0 Å². The molecule has 0 radical (unpaired) electrons. The molecule has 1 N–H and O–H groups in total. The number of nitrogens with one attached hydrogen (secondary N) is 1. The quantitative estimate of drug-likeness (QED) is 0.614. The van der Waals surface area contributed by atoms with E-state index in [-0.39, 0.29) is 5.91 Å². The predicted octanol–water partition coefficient (Wildman–Crippen LogP) is 3.96. The van der Waals surface area contributed by atoms with Crippen LogP contribution < -0.4 is 5.32 Å². The van der Waals surface area contributed by atoms with Gasteiger partial charge in [-0.3, -0.25) is 9.48 Å². The minimum Gasteiger partial charge on any atom is -0.377 e. The molecule has 0 aliphatic rings. The first-order valence-corrected chi connectivity index (χ1v) is 9.73. The Morgan fingerprint density at radius 2 is 1.71 bits per heavy atom. The third-order valence-electron chi connectivity index (χ3n) is 4.65. The fourth-order valence-electron chi connectivity index (χ4n) is 3.12. The Morgan fingerprint density at radius 3 is 2.39 bits per heavy atom. The Kier molecular flexibility index (Phi) is 6.98. The molecule has 0 spiro atoms. The van der Waals surface area contributed by atoms with E-state index in [1.807, 2.05) is 61.0 Å². The van der Waals surface area contributed by atoms with Crippen molar-refractivity contribution in [2.45, 2.75) is 40.0 Å². The number of benzene rings is 2. The number of aromatic nitrogens is 2. The normalized spacial score (nSPS) is 10.8. The van der Waals surface area contributed by atoms with Crippen LogP contribution in [0.25, 0.3) is 0 Å². The number of ether oxygens (including phenoxy) is 1. The molecule has 1 heterocycles. The first-order valence-electron chi connectivity index (χ1n) is 9.73. The van der Waals surface area contributed by atoms with E-state index in [1.54, 1.807) is 6.20 Å². The zero-order valence-corrected chi connectivity index (χ0v) is 16.5. The molecule has 0 aliphatic carbocycles. The summed E-state index contributed by atoms with van der Waals surface area (Å²) in [7, 11) is 0. The van der Waals surface area contributed by atoms with Crippen LogP contribution in [0.2, 0.25) is 0 Å². The fraction of sp³-hybridized carbons (Fsp3) is 0.304. The van der Waals surface area contributed by atoms with E-state index in [1.165, 1.54) is 5.56 Å². The SMILES string of the molecule is CCOCc1ccc(CNC(=O)c2cnn(Cc3ccccc3)c2CC)cc1. The lowest BCUT2D eigenvalue weighted by atomic mass is 10.1. The summed E-state index contributed by atoms with van der Waals surface area (Å²) in [6, 6.07) is 18.3. The van der Waals surface area contributed by atoms with Crippen LogP contribution in [0.5, 0.6) is 0 Å². The fourth-order valence-corrected chi connectivity index (χ4v) is 3.12. The maximum absolute atomic E-state index is 12.7. The summed E-state index contributed by atoms with van der Waals surface area (Å²) < 4.78 is 7.32. The Hall–Kier alpha value is -2.92. The second-order valence-electron chi connectivity index (χ2n) is 6.64. The molecule has 5 heteroatoms. The second-order valence-corrected chi connectivity index (χ2v) is 6.64. The van der Waals surface area contributed by atoms with Crippen LogP contribution >= 0.6 is 0 Å². The van der Waals surface area contributed by atoms with E-state index in [2.05, 4.69) is 22.5 Å². The Bertz CT molecular complexity index is 886. The minimum atomic E-state index is -0.0884. The van der Waals surface area contributed by atoms with Gasteiger partial charge in [0.2, 0.25) is 0 Å². The number of nitrogens with zero attached hydrogens (tertiary/aromatic N) is 2. The van der Waals surface area contributed by atoms with Gasteiger partial charge in [0.15, 0.2) is 0 Å². The lowest BCUT2D eigenvalue weighted by molar-refractivity contribution is 0.0949. The first-order chi connectivity index (χ1) is 13.7. The average Bonchev–Trinajstić information content (AvgIpc) is 3.14. The molecular weight excluding hydrogens is 350 g/mol. The van der Waals surface area contributed by atoms with Crippen molar-refractivity contribution >= 4 is 5.91 Å². The molecule has 5 nitrogen and oxygen atoms in total. The maximum Gasteiger partial charge on any atom is 0.255 e. The highest BCUT2D eigenvalue weighted by Gasteiger charge is 2.16. The van der Waals surface area contributed by atoms with Crippen molar-refractivity contribution in [1.82, 2.24) is 15.1 Å². The van der Waals surface area contributed by atoms with Gasteiger partial charge in [-0.05, 0) is 30.0 Å². The number of rotatable bonds is 9. The molecule has 3 rings (SSSR count). The monoisotopic (exact) mass is 377 g/mol. The Balaban J connectivity index is 1.62. The standard InChI is InChI=1S/C23H27N3O2/c1-3-22-21(15-25-26(22)16-19-8-6-5-7-9-19)23(27)24-14-18-10-12-20(13-11-18)17-28-4-2/h5-13,15H,3-4,14,16-17H2,1-2H3,(H,24,27). The molecule has 1 amide bonds. The van der Waals surface area contributed by atoms with Crippen molar-refractivity contribution in [3.8, 4) is 0 Å². The van der Waals surface area contributed by atoms with Crippen LogP contribution in [0.3, 0.4) is 0 Å². The van der Waals surface area contributed by atoms with E-state index >= 15 is 0 Å². The summed E-state index contributed by atoms with van der Waals surface area (Å²) in [5, 5.41) is 7.45. The van der Waals surface area contributed by atoms with Gasteiger partial charge >= 0.3 is 0 Å². The van der Waals surface area contributed by atoms with E-state index in [4.69, 9.17) is 4.74 Å². The summed E-state index contributed by atoms with van der Waals surface area (Å²) >= 11 is 0. The van der Waals surface area contributed by atoms with Crippen molar-refractivity contribution in [2.24, 2.45) is 0 Å². The molecule has 0 unspecified atom stereocenters. The van der Waals surface area contributed by atoms with Crippen LogP contribution in [-0.2, 0) is 30.9 Å². The van der Waals surface area contributed by atoms with E-state index in [0.717, 1.165) is 23.2 Å². The predicted molar refractivity (Wildman–Crippen MR) is 110 cm³/mol. The van der Waals surface area contributed by atoms with Gasteiger partial charge in [0.25, 0.3) is 5.91 Å². The molecule has 0 bridgehead atoms. The van der Waals surface area contributed by atoms with Crippen molar-refractivity contribution in [3.05, 3.63) is 88.7 Å². The second kappa shape index (κ2) is 9.85. The lowest BCUT2D eigenvalue weighted by Crippen LogP contribution is -2.24. The number of carbonyl (C=O) groups excluding carboxylic acids is 1. The van der Waals surface area contributed by atoms with Crippen LogP contribution in [0, 0.1) is 0 Å². The maximum atomic E-state index is 12.7. The molecule has 146 valence electrons. The molecule has 0 aliphatic heterocycles. The number of hydrogen-bond acceptors (Lipinski definition) is 3. The van der Waals surface area contributed by atoms with Gasteiger partial charge in [0.05, 0.1) is 30.6 Å². The highest BCUT2D eigenvalue weighted by Crippen LogP contribution is 2.13. The van der Waals surface area contributed by atoms with Crippen molar-refractivity contribution in [2.75, 3.05) is 6.61 Å². The highest BCUT2D eigenvalue weighted by molar-refractivity contribution is 5.95. The molecule has 1 aromatic heterocycles. The smallest absolute Gasteiger partial charge is 0.255 e. The number of carbonyl (C=O) groups is 1. The molecule has 0 fully saturated rings. The molecule has 2 aromatic carbocycles. The van der Waals surface area contributed by atoms with Gasteiger partial charge in [-0.25, -0.2) is 0 Å². The topological polar surface area (TPSA) is 56.1 Å². The van der Waals surface area contributed by atoms with Crippen molar-refractivity contribution < 1.29 is 9.53 Å². The Labute approximate surface area is 166 Å². The van der Waals surface area contributed by atoms with Gasteiger partial charge in [-0.2, -0.15) is 5.10 Å². The third-order valence-corrected chi connectivity index (χ3v) is 4.65. The zero-order chi connectivity index (χ0) is 19.8. The largest absolute Gasteiger partial charge is 0.377 e. The number of amides is 1. The van der Waals surface area contributed by atoms with Crippen LogP contribution in [-0.4, -0.2) is 22.3 Å². The van der Waals surface area contributed by atoms with Gasteiger partial charge in [0.1, 0.15) is 0 Å². The summed E-state index contributed by atoms with van der Waals surface area (Å²) in [5.41, 5.74) is 4.95. The average molecular weight is 377 g/mol. The summed E-state index contributed by atoms with van der Waals surface area (Å²) in [6.45, 7) is 6.50. The van der Waals surface area contributed by atoms with Crippen molar-refractivity contribution in [3.63, 3.8) is 0 Å². The highest BCUT2D eigenvalue weighted by atomic mass is 16.5. The van der Waals surface area contributed by atoms with Gasteiger partial charge in [0, 0.05) is 13.2 Å². The number of hydrogen-bond donors (Lipinski definition) is 1. The molecule has 0 atom stereocenters. The summed E-state index contributed by atoms with van der Waals surface area (Å²) in [6.07, 6.45) is 2.42. The molecule has 0 saturated carbocycles. The molecular formula is C23H27N3O2. The van der Waals surface area contributed by atoms with Crippen LogP contribution in [0.15, 0.2) is 60.8 Å². The zero-order valence-electron chi connectivity index (χ0n) is 16.5. The van der Waals surface area contributed by atoms with E-state index < -0.39 is 0 Å². The lowest BCUT2D eigenvalue weighted by Gasteiger charge is -2.09. The van der Waals surface area contributed by atoms with E-state index in [9.17, 15) is 4.79 Å². The van der Waals surface area contributed by atoms with Crippen LogP contribution in [0.4, 0.5) is 0 Å². The molecule has 0 saturated heterocycles.